The number of benzene rings is 4. The first kappa shape index (κ1) is 26.8. The Morgan fingerprint density at radius 1 is 0.452 bits per heavy atom. The van der Waals surface area contributed by atoms with E-state index in [1.807, 2.05) is 45.3 Å². The smallest absolute Gasteiger partial charge is 0.0369 e. The van der Waals surface area contributed by atoms with Crippen LogP contribution in [0.1, 0.15) is 63.2 Å². The standard InChI is InChI=1S/C38H34S4/c1-2-3-4-5-6-7-8-12-15-27-16-25-17-28-30-20-36-31(21-35(30)41-37(28)22-33(25)39-27)29-18-26-19-32(24-13-10-9-11-14-24)40-34(26)23-38(29)42-36/h9-11,13-14,16-23H,2-8,12,15H2,1H3. The van der Waals surface area contributed by atoms with Crippen LogP contribution in [-0.2, 0) is 6.42 Å². The van der Waals surface area contributed by atoms with Crippen molar-refractivity contribution in [3.8, 4) is 10.4 Å². The molecule has 4 aromatic carbocycles. The van der Waals surface area contributed by atoms with Crippen LogP contribution in [0.2, 0.25) is 0 Å². The summed E-state index contributed by atoms with van der Waals surface area (Å²) in [5.74, 6) is 0. The Morgan fingerprint density at radius 3 is 1.67 bits per heavy atom. The molecular weight excluding hydrogens is 585 g/mol. The number of rotatable bonds is 10. The fourth-order valence-corrected chi connectivity index (χ4v) is 11.1. The van der Waals surface area contributed by atoms with Gasteiger partial charge in [-0.1, -0.05) is 82.2 Å². The summed E-state index contributed by atoms with van der Waals surface area (Å²) in [5.41, 5.74) is 1.30. The molecule has 0 nitrogen and oxygen atoms in total. The Hall–Kier alpha value is -2.76. The van der Waals surface area contributed by atoms with Gasteiger partial charge in [0.1, 0.15) is 0 Å². The highest BCUT2D eigenvalue weighted by Gasteiger charge is 2.15. The van der Waals surface area contributed by atoms with E-state index in [-0.39, 0.29) is 0 Å². The summed E-state index contributed by atoms with van der Waals surface area (Å²) in [7, 11) is 0. The molecule has 0 atom stereocenters. The van der Waals surface area contributed by atoms with Gasteiger partial charge in [0.25, 0.3) is 0 Å². The van der Waals surface area contributed by atoms with Crippen LogP contribution in [0.4, 0.5) is 0 Å². The number of thiophene rings is 4. The molecule has 0 saturated carbocycles. The Balaban J connectivity index is 1.09. The van der Waals surface area contributed by atoms with E-state index in [2.05, 4.69) is 85.8 Å². The fraction of sp³-hybridized carbons (Fsp3) is 0.263. The molecule has 4 aromatic heterocycles. The number of hydrogen-bond donors (Lipinski definition) is 0. The SMILES string of the molecule is CCCCCCCCCCc1cc2cc3c(cc2s1)sc1cc2c(cc13)sc1cc3sc(-c4ccccc4)cc3cc12. The monoisotopic (exact) mass is 618 g/mol. The summed E-state index contributed by atoms with van der Waals surface area (Å²) in [6.45, 7) is 2.30. The summed E-state index contributed by atoms with van der Waals surface area (Å²) in [6, 6.07) is 30.3. The predicted octanol–water partition coefficient (Wildman–Crippen LogP) is 14.2. The van der Waals surface area contributed by atoms with Crippen molar-refractivity contribution in [1.29, 1.82) is 0 Å². The summed E-state index contributed by atoms with van der Waals surface area (Å²) in [6.07, 6.45) is 12.3. The van der Waals surface area contributed by atoms with Crippen molar-refractivity contribution in [2.75, 3.05) is 0 Å². The third-order valence-corrected chi connectivity index (χ3v) is 13.3. The molecule has 0 fully saturated rings. The Morgan fingerprint density at radius 2 is 1.00 bits per heavy atom. The maximum absolute atomic E-state index is 2.47. The Bertz CT molecular complexity index is 2180. The third kappa shape index (κ3) is 4.97. The third-order valence-electron chi connectivity index (χ3n) is 8.73. The van der Waals surface area contributed by atoms with E-state index in [4.69, 9.17) is 0 Å². The minimum Gasteiger partial charge on any atom is -0.140 e. The summed E-state index contributed by atoms with van der Waals surface area (Å²) in [5, 5.41) is 8.41. The second-order valence-electron chi connectivity index (χ2n) is 11.7. The van der Waals surface area contributed by atoms with Crippen LogP contribution in [0.3, 0.4) is 0 Å². The van der Waals surface area contributed by atoms with Crippen molar-refractivity contribution in [2.45, 2.75) is 64.7 Å². The first-order valence-corrected chi connectivity index (χ1v) is 18.7. The van der Waals surface area contributed by atoms with Crippen molar-refractivity contribution < 1.29 is 0 Å². The number of hydrogen-bond acceptors (Lipinski definition) is 4. The largest absolute Gasteiger partial charge is 0.140 e. The van der Waals surface area contributed by atoms with Gasteiger partial charge in [0.2, 0.25) is 0 Å². The number of fused-ring (bicyclic) bond motifs is 8. The molecule has 0 aliphatic carbocycles. The minimum atomic E-state index is 1.23. The first-order chi connectivity index (χ1) is 20.7. The van der Waals surface area contributed by atoms with Gasteiger partial charge < -0.3 is 0 Å². The van der Waals surface area contributed by atoms with E-state index in [9.17, 15) is 0 Å². The zero-order valence-electron chi connectivity index (χ0n) is 24.0. The second-order valence-corrected chi connectivity index (χ2v) is 16.2. The van der Waals surface area contributed by atoms with Gasteiger partial charge >= 0.3 is 0 Å². The Kier molecular flexibility index (Phi) is 7.28. The quantitative estimate of drug-likeness (QED) is 0.134. The minimum absolute atomic E-state index is 1.23. The molecule has 8 rings (SSSR count). The molecule has 4 heterocycles. The van der Waals surface area contributed by atoms with Crippen LogP contribution < -0.4 is 0 Å². The van der Waals surface area contributed by atoms with Crippen molar-refractivity contribution in [3.63, 3.8) is 0 Å². The highest BCUT2D eigenvalue weighted by molar-refractivity contribution is 7.28. The Labute approximate surface area is 263 Å². The lowest BCUT2D eigenvalue weighted by Gasteiger charge is -2.00. The van der Waals surface area contributed by atoms with E-state index in [0.717, 1.165) is 0 Å². The van der Waals surface area contributed by atoms with Gasteiger partial charge in [-0.25, -0.2) is 0 Å². The molecule has 42 heavy (non-hydrogen) atoms. The van der Waals surface area contributed by atoms with Crippen LogP contribution in [0, 0.1) is 0 Å². The molecule has 8 aromatic rings. The van der Waals surface area contributed by atoms with Gasteiger partial charge in [0.15, 0.2) is 0 Å². The molecule has 0 amide bonds. The molecule has 0 radical (unpaired) electrons. The second kappa shape index (κ2) is 11.4. The highest BCUT2D eigenvalue weighted by atomic mass is 32.1. The summed E-state index contributed by atoms with van der Waals surface area (Å²) in [4.78, 5) is 2.90. The lowest BCUT2D eigenvalue weighted by molar-refractivity contribution is 0.576. The van der Waals surface area contributed by atoms with Gasteiger partial charge in [-0.15, -0.1) is 45.3 Å². The van der Waals surface area contributed by atoms with Crippen molar-refractivity contribution >= 4 is 106 Å². The van der Waals surface area contributed by atoms with E-state index < -0.39 is 0 Å². The predicted molar refractivity (Wildman–Crippen MR) is 195 cm³/mol. The van der Waals surface area contributed by atoms with Crippen LogP contribution >= 0.6 is 45.3 Å². The van der Waals surface area contributed by atoms with Crippen LogP contribution in [0.5, 0.6) is 0 Å². The van der Waals surface area contributed by atoms with Crippen LogP contribution in [0.25, 0.3) is 71.0 Å². The summed E-state index contributed by atoms with van der Waals surface area (Å²) < 4.78 is 8.45. The average Bonchev–Trinajstić information content (AvgIpc) is 3.77. The van der Waals surface area contributed by atoms with Crippen LogP contribution in [0.15, 0.2) is 78.9 Å². The highest BCUT2D eigenvalue weighted by Crippen LogP contribution is 2.45. The molecule has 0 saturated heterocycles. The molecule has 0 N–H and O–H groups in total. The van der Waals surface area contributed by atoms with Gasteiger partial charge in [0, 0.05) is 59.5 Å². The van der Waals surface area contributed by atoms with Gasteiger partial charge in [0.05, 0.1) is 0 Å². The topological polar surface area (TPSA) is 0 Å². The zero-order valence-corrected chi connectivity index (χ0v) is 27.3. The van der Waals surface area contributed by atoms with Crippen LogP contribution in [-0.4, -0.2) is 0 Å². The fourth-order valence-electron chi connectivity index (χ4n) is 6.47. The first-order valence-electron chi connectivity index (χ1n) is 15.5. The number of unbranched alkanes of at least 4 members (excludes halogenated alkanes) is 7. The molecule has 4 heteroatoms. The normalized spacial score (nSPS) is 12.3. The molecule has 0 aliphatic heterocycles. The van der Waals surface area contributed by atoms with E-state index in [1.165, 1.54) is 129 Å². The number of aryl methyl sites for hydroxylation is 1. The van der Waals surface area contributed by atoms with E-state index in [0.29, 0.717) is 0 Å². The van der Waals surface area contributed by atoms with Gasteiger partial charge in [-0.2, -0.15) is 0 Å². The molecule has 210 valence electrons. The maximum Gasteiger partial charge on any atom is 0.0369 e. The van der Waals surface area contributed by atoms with Crippen molar-refractivity contribution in [1.82, 2.24) is 0 Å². The molecule has 0 spiro atoms. The summed E-state index contributed by atoms with van der Waals surface area (Å²) >= 11 is 7.83. The lowest BCUT2D eigenvalue weighted by atomic mass is 10.1. The van der Waals surface area contributed by atoms with Gasteiger partial charge in [-0.05, 0) is 77.7 Å². The van der Waals surface area contributed by atoms with Crippen molar-refractivity contribution in [2.24, 2.45) is 0 Å². The zero-order chi connectivity index (χ0) is 28.0. The van der Waals surface area contributed by atoms with E-state index >= 15 is 0 Å². The average molecular weight is 619 g/mol. The molecule has 0 aliphatic rings. The molecule has 0 unspecified atom stereocenters. The van der Waals surface area contributed by atoms with Gasteiger partial charge in [-0.3, -0.25) is 0 Å². The van der Waals surface area contributed by atoms with E-state index in [1.54, 1.807) is 4.88 Å². The van der Waals surface area contributed by atoms with Crippen molar-refractivity contribution in [3.05, 3.63) is 83.7 Å². The maximum atomic E-state index is 2.47. The molecular formula is C38H34S4. The lowest BCUT2D eigenvalue weighted by Crippen LogP contribution is -1.83. The molecule has 0 bridgehead atoms.